The molecule has 1 amide bonds. The number of aryl methyl sites for hydroxylation is 3. The molecule has 0 saturated heterocycles. The van der Waals surface area contributed by atoms with Gasteiger partial charge in [-0.25, -0.2) is 9.97 Å². The van der Waals surface area contributed by atoms with Gasteiger partial charge in [-0.15, -0.1) is 11.3 Å². The number of carbonyl (C=O) groups excluding carboxylic acids is 1. The van der Waals surface area contributed by atoms with Crippen LogP contribution in [0, 0.1) is 20.8 Å². The fourth-order valence-corrected chi connectivity index (χ4v) is 3.95. The van der Waals surface area contributed by atoms with Crippen LogP contribution in [0.1, 0.15) is 26.8 Å². The zero-order chi connectivity index (χ0) is 18.0. The third-order valence-electron chi connectivity index (χ3n) is 3.76. The van der Waals surface area contributed by atoms with Gasteiger partial charge in [0.15, 0.2) is 0 Å². The molecule has 7 heteroatoms. The summed E-state index contributed by atoms with van der Waals surface area (Å²) in [5.74, 6) is 1.32. The smallest absolute Gasteiger partial charge is 0.261 e. The van der Waals surface area contributed by atoms with Crippen molar-refractivity contribution >= 4 is 39.1 Å². The summed E-state index contributed by atoms with van der Waals surface area (Å²) in [4.78, 5) is 22.8. The topological polar surface area (TPSA) is 64.1 Å². The lowest BCUT2D eigenvalue weighted by Crippen LogP contribution is -2.27. The van der Waals surface area contributed by atoms with E-state index in [-0.39, 0.29) is 5.91 Å². The number of benzene rings is 1. The number of fused-ring (bicyclic) bond motifs is 1. The van der Waals surface area contributed by atoms with Gasteiger partial charge in [-0.05, 0) is 50.6 Å². The minimum Gasteiger partial charge on any atom is -0.492 e. The van der Waals surface area contributed by atoms with E-state index in [1.165, 1.54) is 11.3 Å². The normalized spacial score (nSPS) is 10.9. The van der Waals surface area contributed by atoms with Crippen LogP contribution in [0.4, 0.5) is 0 Å². The van der Waals surface area contributed by atoms with E-state index < -0.39 is 0 Å². The highest BCUT2D eigenvalue weighted by atomic mass is 35.5. The second kappa shape index (κ2) is 7.37. The highest BCUT2D eigenvalue weighted by Gasteiger charge is 2.18. The maximum atomic E-state index is 12.5. The van der Waals surface area contributed by atoms with Gasteiger partial charge in [0, 0.05) is 16.1 Å². The fraction of sp³-hybridized carbons (Fsp3) is 0.278. The Kier molecular flexibility index (Phi) is 5.20. The molecule has 0 unspecified atom stereocenters. The van der Waals surface area contributed by atoms with E-state index in [9.17, 15) is 4.79 Å². The maximum Gasteiger partial charge on any atom is 0.261 e. The molecule has 2 heterocycles. The molecule has 5 nitrogen and oxygen atoms in total. The molecule has 0 aliphatic rings. The summed E-state index contributed by atoms with van der Waals surface area (Å²) in [5.41, 5.74) is 1.83. The van der Waals surface area contributed by atoms with Gasteiger partial charge < -0.3 is 10.1 Å². The summed E-state index contributed by atoms with van der Waals surface area (Å²) in [7, 11) is 0. The molecule has 1 N–H and O–H groups in total. The molecule has 0 fully saturated rings. The van der Waals surface area contributed by atoms with E-state index in [1.54, 1.807) is 24.3 Å². The largest absolute Gasteiger partial charge is 0.492 e. The first-order valence-electron chi connectivity index (χ1n) is 7.86. The molecule has 0 radical (unpaired) electrons. The molecular formula is C18H18ClN3O2S. The van der Waals surface area contributed by atoms with Crippen molar-refractivity contribution in [3.05, 3.63) is 51.2 Å². The molecule has 0 aliphatic carbocycles. The second-order valence-electron chi connectivity index (χ2n) is 5.65. The molecule has 0 atom stereocenters. The van der Waals surface area contributed by atoms with Crippen LogP contribution in [0.5, 0.6) is 5.75 Å². The lowest BCUT2D eigenvalue weighted by molar-refractivity contribution is 0.0950. The van der Waals surface area contributed by atoms with Crippen molar-refractivity contribution in [1.29, 1.82) is 0 Å². The number of nitrogens with zero attached hydrogens (tertiary/aromatic N) is 2. The molecule has 25 heavy (non-hydrogen) atoms. The Labute approximate surface area is 155 Å². The molecule has 0 saturated carbocycles. The van der Waals surface area contributed by atoms with Crippen LogP contribution in [-0.4, -0.2) is 29.0 Å². The van der Waals surface area contributed by atoms with E-state index in [0.717, 1.165) is 33.0 Å². The van der Waals surface area contributed by atoms with E-state index in [0.29, 0.717) is 23.1 Å². The number of aromatic nitrogens is 2. The van der Waals surface area contributed by atoms with Crippen LogP contribution in [0.3, 0.4) is 0 Å². The fourth-order valence-electron chi connectivity index (χ4n) is 2.63. The van der Waals surface area contributed by atoms with Gasteiger partial charge in [-0.1, -0.05) is 11.6 Å². The highest BCUT2D eigenvalue weighted by Crippen LogP contribution is 2.31. The Morgan fingerprint density at radius 2 is 1.92 bits per heavy atom. The van der Waals surface area contributed by atoms with E-state index in [4.69, 9.17) is 16.3 Å². The SMILES string of the molecule is Cc1nc(C)c2c(C)c(C(=O)NCCOc3ccc(Cl)cc3)sc2n1. The molecule has 2 aromatic heterocycles. The van der Waals surface area contributed by atoms with Crippen LogP contribution in [0.2, 0.25) is 5.02 Å². The Balaban J connectivity index is 1.63. The number of hydrogen-bond donors (Lipinski definition) is 1. The van der Waals surface area contributed by atoms with Gasteiger partial charge in [-0.3, -0.25) is 4.79 Å². The first kappa shape index (κ1) is 17.6. The second-order valence-corrected chi connectivity index (χ2v) is 7.09. The quantitative estimate of drug-likeness (QED) is 0.682. The molecule has 3 rings (SSSR count). The molecule has 0 bridgehead atoms. The van der Waals surface area contributed by atoms with Crippen molar-refractivity contribution in [2.45, 2.75) is 20.8 Å². The Hall–Kier alpha value is -2.18. The number of ether oxygens (including phenoxy) is 1. The Bertz CT molecular complexity index is 922. The van der Waals surface area contributed by atoms with Crippen LogP contribution in [0.15, 0.2) is 24.3 Å². The third kappa shape index (κ3) is 3.91. The summed E-state index contributed by atoms with van der Waals surface area (Å²) in [6.07, 6.45) is 0. The Morgan fingerprint density at radius 3 is 2.64 bits per heavy atom. The molecule has 130 valence electrons. The number of carbonyl (C=O) groups is 1. The first-order valence-corrected chi connectivity index (χ1v) is 9.06. The predicted molar refractivity (Wildman–Crippen MR) is 101 cm³/mol. The summed E-state index contributed by atoms with van der Waals surface area (Å²) in [5, 5.41) is 4.52. The van der Waals surface area contributed by atoms with Crippen LogP contribution in [0.25, 0.3) is 10.2 Å². The number of halogens is 1. The minimum absolute atomic E-state index is 0.114. The standard InChI is InChI=1S/C18H18ClN3O2S/c1-10-15-11(2)21-12(3)22-18(15)25-16(10)17(23)20-8-9-24-14-6-4-13(19)5-7-14/h4-7H,8-9H2,1-3H3,(H,20,23). The molecule has 3 aromatic rings. The first-order chi connectivity index (χ1) is 12.0. The monoisotopic (exact) mass is 375 g/mol. The summed E-state index contributed by atoms with van der Waals surface area (Å²) >= 11 is 7.23. The minimum atomic E-state index is -0.114. The number of hydrogen-bond acceptors (Lipinski definition) is 5. The van der Waals surface area contributed by atoms with Crippen molar-refractivity contribution in [1.82, 2.24) is 15.3 Å². The maximum absolute atomic E-state index is 12.5. The summed E-state index contributed by atoms with van der Waals surface area (Å²) < 4.78 is 5.58. The van der Waals surface area contributed by atoms with Crippen molar-refractivity contribution in [2.75, 3.05) is 13.2 Å². The van der Waals surface area contributed by atoms with Gasteiger partial charge >= 0.3 is 0 Å². The number of rotatable bonds is 5. The molecular weight excluding hydrogens is 358 g/mol. The van der Waals surface area contributed by atoms with Gasteiger partial charge in [0.05, 0.1) is 11.4 Å². The van der Waals surface area contributed by atoms with Crippen LogP contribution in [-0.2, 0) is 0 Å². The zero-order valence-electron chi connectivity index (χ0n) is 14.2. The zero-order valence-corrected chi connectivity index (χ0v) is 15.8. The van der Waals surface area contributed by atoms with Gasteiger partial charge in [0.2, 0.25) is 0 Å². The average Bonchev–Trinajstić information content (AvgIpc) is 2.90. The van der Waals surface area contributed by atoms with Crippen LogP contribution < -0.4 is 10.1 Å². The average molecular weight is 376 g/mol. The van der Waals surface area contributed by atoms with Crippen molar-refractivity contribution in [2.24, 2.45) is 0 Å². The lowest BCUT2D eigenvalue weighted by Gasteiger charge is -2.07. The lowest BCUT2D eigenvalue weighted by atomic mass is 10.1. The number of nitrogens with one attached hydrogen (secondary N) is 1. The number of thiophene rings is 1. The van der Waals surface area contributed by atoms with Gasteiger partial charge in [0.1, 0.15) is 23.0 Å². The van der Waals surface area contributed by atoms with E-state index in [2.05, 4.69) is 15.3 Å². The molecule has 0 spiro atoms. The number of amides is 1. The van der Waals surface area contributed by atoms with Crippen molar-refractivity contribution in [3.63, 3.8) is 0 Å². The third-order valence-corrected chi connectivity index (χ3v) is 5.20. The van der Waals surface area contributed by atoms with Gasteiger partial charge in [-0.2, -0.15) is 0 Å². The summed E-state index contributed by atoms with van der Waals surface area (Å²) in [6.45, 7) is 6.53. The summed E-state index contributed by atoms with van der Waals surface area (Å²) in [6, 6.07) is 7.12. The van der Waals surface area contributed by atoms with Crippen molar-refractivity contribution < 1.29 is 9.53 Å². The van der Waals surface area contributed by atoms with Gasteiger partial charge in [0.25, 0.3) is 5.91 Å². The predicted octanol–water partition coefficient (Wildman–Crippen LogP) is 4.08. The molecule has 1 aromatic carbocycles. The van der Waals surface area contributed by atoms with E-state index >= 15 is 0 Å². The van der Waals surface area contributed by atoms with E-state index in [1.807, 2.05) is 20.8 Å². The molecule has 0 aliphatic heterocycles. The van der Waals surface area contributed by atoms with Crippen molar-refractivity contribution in [3.8, 4) is 5.75 Å². The van der Waals surface area contributed by atoms with Crippen LogP contribution >= 0.6 is 22.9 Å². The Morgan fingerprint density at radius 1 is 1.20 bits per heavy atom. The highest BCUT2D eigenvalue weighted by molar-refractivity contribution is 7.20.